The van der Waals surface area contributed by atoms with Crippen LogP contribution in [0.3, 0.4) is 0 Å². The van der Waals surface area contributed by atoms with Crippen LogP contribution >= 0.6 is 11.6 Å². The van der Waals surface area contributed by atoms with Crippen LogP contribution in [0.25, 0.3) is 0 Å². The molecule has 1 aromatic rings. The fraction of sp³-hybridized carbons (Fsp3) is 0.462. The molecule has 2 unspecified atom stereocenters. The van der Waals surface area contributed by atoms with Crippen molar-refractivity contribution in [3.63, 3.8) is 0 Å². The second kappa shape index (κ2) is 5.92. The Kier molecular flexibility index (Phi) is 4.47. The number of hydrogen-bond donors (Lipinski definition) is 1. The molecule has 0 fully saturated rings. The SMILES string of the molecule is CCC(C(=O)O)S(=O)Cc1cc(Cl)cc2c1OCC2. The molecule has 0 aliphatic carbocycles. The van der Waals surface area contributed by atoms with E-state index in [1.807, 2.05) is 6.07 Å². The number of hydrogen-bond acceptors (Lipinski definition) is 3. The molecule has 0 bridgehead atoms. The predicted octanol–water partition coefficient (Wildman–Crippen LogP) is 2.39. The molecule has 1 aromatic carbocycles. The Morgan fingerprint density at radius 2 is 2.32 bits per heavy atom. The number of ether oxygens (including phenoxy) is 1. The predicted molar refractivity (Wildman–Crippen MR) is 74.2 cm³/mol. The maximum atomic E-state index is 12.1. The Hall–Kier alpha value is -1.07. The van der Waals surface area contributed by atoms with Crippen LogP contribution in [0.5, 0.6) is 5.75 Å². The summed E-state index contributed by atoms with van der Waals surface area (Å²) in [6, 6.07) is 3.54. The Balaban J connectivity index is 2.24. The smallest absolute Gasteiger partial charge is 0.319 e. The Labute approximate surface area is 119 Å². The van der Waals surface area contributed by atoms with Crippen LogP contribution in [0.2, 0.25) is 5.02 Å². The van der Waals surface area contributed by atoms with Gasteiger partial charge < -0.3 is 9.84 Å². The van der Waals surface area contributed by atoms with E-state index in [0.717, 1.165) is 23.3 Å². The molecule has 1 heterocycles. The van der Waals surface area contributed by atoms with Crippen LogP contribution in [0.4, 0.5) is 0 Å². The number of carboxylic acids is 1. The molecule has 1 aliphatic rings. The Morgan fingerprint density at radius 1 is 1.58 bits per heavy atom. The lowest BCUT2D eigenvalue weighted by atomic mass is 10.1. The molecule has 0 spiro atoms. The van der Waals surface area contributed by atoms with Gasteiger partial charge in [0, 0.05) is 27.8 Å². The first kappa shape index (κ1) is 14.3. The lowest BCUT2D eigenvalue weighted by molar-refractivity contribution is -0.136. The minimum Gasteiger partial charge on any atom is -0.493 e. The number of carbonyl (C=O) groups is 1. The number of benzene rings is 1. The first-order valence-corrected chi connectivity index (χ1v) is 7.83. The van der Waals surface area contributed by atoms with Crippen LogP contribution in [-0.4, -0.2) is 27.1 Å². The zero-order chi connectivity index (χ0) is 14.0. The number of rotatable bonds is 5. The van der Waals surface area contributed by atoms with Crippen molar-refractivity contribution in [1.29, 1.82) is 0 Å². The third kappa shape index (κ3) is 3.09. The van der Waals surface area contributed by atoms with E-state index in [2.05, 4.69) is 0 Å². The molecule has 0 saturated heterocycles. The lowest BCUT2D eigenvalue weighted by Crippen LogP contribution is -2.25. The molecule has 4 nitrogen and oxygen atoms in total. The van der Waals surface area contributed by atoms with Gasteiger partial charge in [0.15, 0.2) is 0 Å². The van der Waals surface area contributed by atoms with Crippen molar-refractivity contribution in [3.05, 3.63) is 28.3 Å². The normalized spacial score (nSPS) is 16.5. The van der Waals surface area contributed by atoms with Crippen molar-refractivity contribution >= 4 is 28.4 Å². The van der Waals surface area contributed by atoms with Crippen molar-refractivity contribution in [2.24, 2.45) is 0 Å². The second-order valence-corrected chi connectivity index (χ2v) is 6.47. The molecule has 1 aliphatic heterocycles. The summed E-state index contributed by atoms with van der Waals surface area (Å²) in [5.41, 5.74) is 1.74. The van der Waals surface area contributed by atoms with E-state index in [1.54, 1.807) is 13.0 Å². The first-order chi connectivity index (χ1) is 9.02. The van der Waals surface area contributed by atoms with E-state index >= 15 is 0 Å². The van der Waals surface area contributed by atoms with E-state index in [-0.39, 0.29) is 5.75 Å². The van der Waals surface area contributed by atoms with Crippen molar-refractivity contribution in [2.75, 3.05) is 6.61 Å². The molecule has 2 atom stereocenters. The van der Waals surface area contributed by atoms with E-state index in [4.69, 9.17) is 21.4 Å². The molecule has 0 radical (unpaired) electrons. The average Bonchev–Trinajstić information content (AvgIpc) is 2.77. The Morgan fingerprint density at radius 3 is 2.95 bits per heavy atom. The van der Waals surface area contributed by atoms with Gasteiger partial charge in [-0.1, -0.05) is 18.5 Å². The Bertz CT molecular complexity index is 530. The fourth-order valence-electron chi connectivity index (χ4n) is 2.18. The largest absolute Gasteiger partial charge is 0.493 e. The summed E-state index contributed by atoms with van der Waals surface area (Å²) >= 11 is 6.02. The van der Waals surface area contributed by atoms with Crippen molar-refractivity contribution < 1.29 is 18.8 Å². The number of carboxylic acid groups (broad SMARTS) is 1. The van der Waals surface area contributed by atoms with Crippen molar-refractivity contribution in [2.45, 2.75) is 30.8 Å². The summed E-state index contributed by atoms with van der Waals surface area (Å²) in [5.74, 6) is -0.147. The maximum absolute atomic E-state index is 12.1. The van der Waals surface area contributed by atoms with Gasteiger partial charge in [-0.3, -0.25) is 9.00 Å². The van der Waals surface area contributed by atoms with Crippen LogP contribution in [0.15, 0.2) is 12.1 Å². The number of halogens is 1. The van der Waals surface area contributed by atoms with Crippen molar-refractivity contribution in [1.82, 2.24) is 0 Å². The quantitative estimate of drug-likeness (QED) is 0.907. The van der Waals surface area contributed by atoms with Crippen LogP contribution < -0.4 is 4.74 Å². The summed E-state index contributed by atoms with van der Waals surface area (Å²) < 4.78 is 17.6. The lowest BCUT2D eigenvalue weighted by Gasteiger charge is -2.12. The van der Waals surface area contributed by atoms with Gasteiger partial charge in [-0.25, -0.2) is 0 Å². The van der Waals surface area contributed by atoms with Gasteiger partial charge in [0.05, 0.1) is 12.4 Å². The summed E-state index contributed by atoms with van der Waals surface area (Å²) in [4.78, 5) is 11.0. The second-order valence-electron chi connectivity index (χ2n) is 4.41. The monoisotopic (exact) mass is 302 g/mol. The standard InChI is InChI=1S/C13H15ClO4S/c1-2-11(13(15)16)19(17)7-9-6-10(14)5-8-3-4-18-12(8)9/h5-6,11H,2-4,7H2,1H3,(H,15,16). The number of aliphatic carboxylic acids is 1. The third-order valence-corrected chi connectivity index (χ3v) is 5.07. The molecule has 2 rings (SSSR count). The summed E-state index contributed by atoms with van der Waals surface area (Å²) in [6.45, 7) is 2.31. The highest BCUT2D eigenvalue weighted by Crippen LogP contribution is 2.34. The van der Waals surface area contributed by atoms with E-state index in [1.165, 1.54) is 0 Å². The van der Waals surface area contributed by atoms with Crippen LogP contribution in [-0.2, 0) is 27.8 Å². The molecule has 1 N–H and O–H groups in total. The minimum atomic E-state index is -1.48. The molecule has 6 heteroatoms. The van der Waals surface area contributed by atoms with E-state index in [9.17, 15) is 9.00 Å². The maximum Gasteiger partial charge on any atom is 0.319 e. The zero-order valence-electron chi connectivity index (χ0n) is 10.5. The number of fused-ring (bicyclic) bond motifs is 1. The molecule has 0 saturated carbocycles. The van der Waals surface area contributed by atoms with Gasteiger partial charge in [0.25, 0.3) is 0 Å². The van der Waals surface area contributed by atoms with Gasteiger partial charge in [-0.15, -0.1) is 0 Å². The third-order valence-electron chi connectivity index (χ3n) is 3.09. The van der Waals surface area contributed by atoms with E-state index < -0.39 is 22.0 Å². The highest BCUT2D eigenvalue weighted by molar-refractivity contribution is 7.85. The molecule has 0 aromatic heterocycles. The van der Waals surface area contributed by atoms with Crippen LogP contribution in [0.1, 0.15) is 24.5 Å². The summed E-state index contributed by atoms with van der Waals surface area (Å²) in [5, 5.41) is 8.74. The highest BCUT2D eigenvalue weighted by Gasteiger charge is 2.25. The van der Waals surface area contributed by atoms with Gasteiger partial charge in [-0.05, 0) is 24.1 Å². The summed E-state index contributed by atoms with van der Waals surface area (Å²) in [6.07, 6.45) is 1.12. The van der Waals surface area contributed by atoms with Crippen molar-refractivity contribution in [3.8, 4) is 5.75 Å². The zero-order valence-corrected chi connectivity index (χ0v) is 12.1. The molecule has 104 valence electrons. The molecule has 0 amide bonds. The molecule has 19 heavy (non-hydrogen) atoms. The van der Waals surface area contributed by atoms with Gasteiger partial charge in [0.1, 0.15) is 11.0 Å². The first-order valence-electron chi connectivity index (χ1n) is 6.07. The molecular formula is C13H15ClO4S. The van der Waals surface area contributed by atoms with Crippen LogP contribution in [0, 0.1) is 0 Å². The van der Waals surface area contributed by atoms with Gasteiger partial charge in [-0.2, -0.15) is 0 Å². The summed E-state index contributed by atoms with van der Waals surface area (Å²) in [7, 11) is -1.48. The van der Waals surface area contributed by atoms with Gasteiger partial charge >= 0.3 is 5.97 Å². The average molecular weight is 303 g/mol. The molecular weight excluding hydrogens is 288 g/mol. The van der Waals surface area contributed by atoms with Gasteiger partial charge in [0.2, 0.25) is 0 Å². The highest BCUT2D eigenvalue weighted by atomic mass is 35.5. The van der Waals surface area contributed by atoms with E-state index in [0.29, 0.717) is 18.1 Å². The topological polar surface area (TPSA) is 63.6 Å². The minimum absolute atomic E-state index is 0.160. The fourth-order valence-corrected chi connectivity index (χ4v) is 3.76.